The Balaban J connectivity index is 1.24. The number of likely N-dealkylation sites (tertiary alicyclic amines) is 1. The Hall–Kier alpha value is -4.77. The number of benzene rings is 2. The third-order valence-electron chi connectivity index (χ3n) is 8.93. The van der Waals surface area contributed by atoms with Crippen molar-refractivity contribution in [3.63, 3.8) is 0 Å². The number of anilines is 1. The number of carbonyl (C=O) groups is 1. The van der Waals surface area contributed by atoms with Crippen molar-refractivity contribution in [1.29, 1.82) is 0 Å². The standard InChI is InChI=1S/C36H41N7O4/c1-23-32(24(2)47-40-23)26-11-12-30-29(19-26)34(42-17-18-45-22-31(42)25-9-7-6-8-10-25)39-33(38-30)27-20-37-43(21-27)28-13-15-41(16-14-28)35(44)46-36(3,4)5/h6-12,19-21,28,31H,13-18,22H2,1-5H3. The van der Waals surface area contributed by atoms with Crippen molar-refractivity contribution in [3.05, 3.63) is 77.9 Å². The Morgan fingerprint density at radius 3 is 2.49 bits per heavy atom. The number of amides is 1. The largest absolute Gasteiger partial charge is 0.444 e. The maximum Gasteiger partial charge on any atom is 0.410 e. The van der Waals surface area contributed by atoms with Gasteiger partial charge in [0.1, 0.15) is 17.2 Å². The number of ether oxygens (including phenoxy) is 2. The van der Waals surface area contributed by atoms with Gasteiger partial charge in [-0.2, -0.15) is 5.10 Å². The molecule has 0 N–H and O–H groups in total. The summed E-state index contributed by atoms with van der Waals surface area (Å²) >= 11 is 0. The minimum Gasteiger partial charge on any atom is -0.444 e. The lowest BCUT2D eigenvalue weighted by molar-refractivity contribution is 0.0184. The number of hydrogen-bond acceptors (Lipinski definition) is 9. The quantitative estimate of drug-likeness (QED) is 0.203. The first-order chi connectivity index (χ1) is 22.6. The molecule has 2 aliphatic rings. The molecule has 0 saturated carbocycles. The molecule has 5 heterocycles. The predicted molar refractivity (Wildman–Crippen MR) is 179 cm³/mol. The van der Waals surface area contributed by atoms with Gasteiger partial charge in [0, 0.05) is 36.8 Å². The highest BCUT2D eigenvalue weighted by Crippen LogP contribution is 2.38. The molecule has 7 rings (SSSR count). The van der Waals surface area contributed by atoms with Gasteiger partial charge in [-0.3, -0.25) is 4.68 Å². The molecule has 1 unspecified atom stereocenters. The molecule has 2 aromatic carbocycles. The summed E-state index contributed by atoms with van der Waals surface area (Å²) < 4.78 is 19.1. The summed E-state index contributed by atoms with van der Waals surface area (Å²) in [4.78, 5) is 27.1. The SMILES string of the molecule is Cc1noc(C)c1-c1ccc2nc(-c3cnn(C4CCN(C(=O)OC(C)(C)C)CC4)c3)nc(N3CCOCC3c3ccccc3)c2c1. The van der Waals surface area contributed by atoms with E-state index < -0.39 is 5.60 Å². The van der Waals surface area contributed by atoms with Crippen LogP contribution in [0.2, 0.25) is 0 Å². The molecule has 0 aliphatic carbocycles. The number of piperidine rings is 1. The van der Waals surface area contributed by atoms with Crippen molar-refractivity contribution >= 4 is 22.8 Å². The zero-order chi connectivity index (χ0) is 32.7. The number of morpholine rings is 1. The second-order valence-electron chi connectivity index (χ2n) is 13.4. The molecule has 3 aromatic heterocycles. The Labute approximate surface area is 274 Å². The molecule has 0 bridgehead atoms. The Morgan fingerprint density at radius 2 is 1.77 bits per heavy atom. The van der Waals surface area contributed by atoms with Crippen LogP contribution >= 0.6 is 0 Å². The Morgan fingerprint density at radius 1 is 0.979 bits per heavy atom. The van der Waals surface area contributed by atoms with Crippen LogP contribution in [-0.4, -0.2) is 74.3 Å². The molecule has 2 aliphatic heterocycles. The Kier molecular flexibility index (Phi) is 8.17. The van der Waals surface area contributed by atoms with Gasteiger partial charge in [0.2, 0.25) is 0 Å². The molecule has 244 valence electrons. The van der Waals surface area contributed by atoms with E-state index in [9.17, 15) is 4.79 Å². The van der Waals surface area contributed by atoms with Gasteiger partial charge in [-0.25, -0.2) is 14.8 Å². The molecule has 11 heteroatoms. The zero-order valence-electron chi connectivity index (χ0n) is 27.6. The minimum absolute atomic E-state index is 0.00324. The van der Waals surface area contributed by atoms with Crippen LogP contribution in [0, 0.1) is 13.8 Å². The number of aromatic nitrogens is 5. The van der Waals surface area contributed by atoms with E-state index in [0.29, 0.717) is 38.7 Å². The Bertz CT molecular complexity index is 1870. The van der Waals surface area contributed by atoms with E-state index >= 15 is 0 Å². The summed E-state index contributed by atoms with van der Waals surface area (Å²) in [5.41, 5.74) is 5.21. The lowest BCUT2D eigenvalue weighted by atomic mass is 10.0. The molecular formula is C36H41N7O4. The van der Waals surface area contributed by atoms with Crippen LogP contribution in [0.5, 0.6) is 0 Å². The molecule has 47 heavy (non-hydrogen) atoms. The second-order valence-corrected chi connectivity index (χ2v) is 13.4. The van der Waals surface area contributed by atoms with Gasteiger partial charge >= 0.3 is 6.09 Å². The maximum absolute atomic E-state index is 12.6. The highest BCUT2D eigenvalue weighted by Gasteiger charge is 2.30. The van der Waals surface area contributed by atoms with Gasteiger partial charge in [0.05, 0.1) is 48.3 Å². The van der Waals surface area contributed by atoms with Crippen molar-refractivity contribution in [1.82, 2.24) is 29.8 Å². The second kappa shape index (κ2) is 12.4. The summed E-state index contributed by atoms with van der Waals surface area (Å²) in [6, 6.07) is 16.9. The molecule has 1 atom stereocenters. The van der Waals surface area contributed by atoms with Gasteiger partial charge in [-0.15, -0.1) is 0 Å². The lowest BCUT2D eigenvalue weighted by Gasteiger charge is -2.37. The van der Waals surface area contributed by atoms with E-state index in [2.05, 4.69) is 52.5 Å². The van der Waals surface area contributed by atoms with E-state index in [0.717, 1.165) is 57.7 Å². The van der Waals surface area contributed by atoms with Crippen molar-refractivity contribution in [2.45, 2.75) is 65.1 Å². The molecule has 0 spiro atoms. The first-order valence-electron chi connectivity index (χ1n) is 16.3. The predicted octanol–water partition coefficient (Wildman–Crippen LogP) is 6.92. The third-order valence-corrected chi connectivity index (χ3v) is 8.93. The van der Waals surface area contributed by atoms with Gasteiger partial charge in [-0.05, 0) is 70.7 Å². The average molecular weight is 636 g/mol. The molecule has 2 saturated heterocycles. The molecule has 5 aromatic rings. The van der Waals surface area contributed by atoms with Crippen molar-refractivity contribution < 1.29 is 18.8 Å². The highest BCUT2D eigenvalue weighted by molar-refractivity contribution is 5.95. The fourth-order valence-corrected chi connectivity index (χ4v) is 6.61. The van der Waals surface area contributed by atoms with Crippen LogP contribution in [0.1, 0.15) is 62.7 Å². The van der Waals surface area contributed by atoms with E-state index in [1.165, 1.54) is 5.56 Å². The maximum atomic E-state index is 12.6. The zero-order valence-corrected chi connectivity index (χ0v) is 27.6. The van der Waals surface area contributed by atoms with Crippen LogP contribution in [0.25, 0.3) is 33.4 Å². The number of fused-ring (bicyclic) bond motifs is 1. The molecule has 2 fully saturated rings. The van der Waals surface area contributed by atoms with Crippen LogP contribution in [0.4, 0.5) is 10.6 Å². The first-order valence-corrected chi connectivity index (χ1v) is 16.3. The van der Waals surface area contributed by atoms with Gasteiger partial charge in [0.15, 0.2) is 5.82 Å². The van der Waals surface area contributed by atoms with Gasteiger partial charge < -0.3 is 23.8 Å². The van der Waals surface area contributed by atoms with Crippen LogP contribution < -0.4 is 4.90 Å². The van der Waals surface area contributed by atoms with Crippen molar-refractivity contribution in [2.24, 2.45) is 0 Å². The molecular weight excluding hydrogens is 594 g/mol. The number of rotatable bonds is 5. The van der Waals surface area contributed by atoms with E-state index in [1.807, 2.05) is 57.8 Å². The van der Waals surface area contributed by atoms with Crippen molar-refractivity contribution in [3.8, 4) is 22.5 Å². The smallest absolute Gasteiger partial charge is 0.410 e. The molecule has 1 amide bonds. The third kappa shape index (κ3) is 6.32. The fourth-order valence-electron chi connectivity index (χ4n) is 6.61. The van der Waals surface area contributed by atoms with E-state index in [4.69, 9.17) is 29.1 Å². The van der Waals surface area contributed by atoms with Gasteiger partial charge in [-0.1, -0.05) is 41.6 Å². The van der Waals surface area contributed by atoms with Crippen LogP contribution in [0.15, 0.2) is 65.4 Å². The molecule has 0 radical (unpaired) electrons. The number of nitrogens with zero attached hydrogens (tertiary/aromatic N) is 7. The summed E-state index contributed by atoms with van der Waals surface area (Å²) in [5, 5.41) is 9.89. The number of hydrogen-bond donors (Lipinski definition) is 0. The number of carbonyl (C=O) groups excluding carboxylic acids is 1. The summed E-state index contributed by atoms with van der Waals surface area (Å²) in [7, 11) is 0. The first kappa shape index (κ1) is 30.9. The van der Waals surface area contributed by atoms with Crippen LogP contribution in [0.3, 0.4) is 0 Å². The molecule has 11 nitrogen and oxygen atoms in total. The van der Waals surface area contributed by atoms with Crippen LogP contribution in [-0.2, 0) is 9.47 Å². The summed E-state index contributed by atoms with van der Waals surface area (Å²) in [6.45, 7) is 12.7. The highest BCUT2D eigenvalue weighted by atomic mass is 16.6. The average Bonchev–Trinajstić information content (AvgIpc) is 3.70. The van der Waals surface area contributed by atoms with Crippen molar-refractivity contribution in [2.75, 3.05) is 37.7 Å². The topological polar surface area (TPSA) is 112 Å². The number of aryl methyl sites for hydroxylation is 2. The lowest BCUT2D eigenvalue weighted by Crippen LogP contribution is -2.42. The summed E-state index contributed by atoms with van der Waals surface area (Å²) in [6.07, 6.45) is 5.20. The minimum atomic E-state index is -0.512. The monoisotopic (exact) mass is 635 g/mol. The fraction of sp³-hybridized carbons (Fsp3) is 0.417. The van der Waals surface area contributed by atoms with E-state index in [1.54, 1.807) is 4.90 Å². The van der Waals surface area contributed by atoms with Gasteiger partial charge in [0.25, 0.3) is 0 Å². The normalized spacial score (nSPS) is 17.8. The summed E-state index contributed by atoms with van der Waals surface area (Å²) in [5.74, 6) is 2.25. The van der Waals surface area contributed by atoms with E-state index in [-0.39, 0.29) is 18.2 Å².